The van der Waals surface area contributed by atoms with Crippen molar-refractivity contribution in [3.8, 4) is 0 Å². The van der Waals surface area contributed by atoms with Crippen molar-refractivity contribution >= 4 is 34.1 Å². The van der Waals surface area contributed by atoms with E-state index in [1.165, 1.54) is 4.88 Å². The van der Waals surface area contributed by atoms with E-state index in [0.717, 1.165) is 23.0 Å². The summed E-state index contributed by atoms with van der Waals surface area (Å²) < 4.78 is 6.99. The van der Waals surface area contributed by atoms with Crippen LogP contribution >= 0.6 is 11.3 Å². The Hall–Kier alpha value is -2.60. The van der Waals surface area contributed by atoms with Crippen LogP contribution in [0.3, 0.4) is 0 Å². The number of amides is 1. The highest BCUT2D eigenvalue weighted by molar-refractivity contribution is 7.09. The van der Waals surface area contributed by atoms with E-state index in [1.807, 2.05) is 59.3 Å². The van der Waals surface area contributed by atoms with Crippen molar-refractivity contribution in [3.63, 3.8) is 0 Å². The fraction of sp³-hybridized carbons (Fsp3) is 0.263. The maximum atomic E-state index is 12.0. The van der Waals surface area contributed by atoms with Gasteiger partial charge in [0, 0.05) is 22.6 Å². The van der Waals surface area contributed by atoms with E-state index in [9.17, 15) is 9.59 Å². The van der Waals surface area contributed by atoms with Crippen molar-refractivity contribution in [2.45, 2.75) is 19.9 Å². The zero-order valence-corrected chi connectivity index (χ0v) is 14.8. The van der Waals surface area contributed by atoms with Crippen LogP contribution in [0.2, 0.25) is 0 Å². The summed E-state index contributed by atoms with van der Waals surface area (Å²) >= 11 is 1.66. The Balaban J connectivity index is 1.46. The van der Waals surface area contributed by atoms with Gasteiger partial charge in [0.05, 0.1) is 0 Å². The molecule has 0 saturated carbocycles. The summed E-state index contributed by atoms with van der Waals surface area (Å²) in [6, 6.07) is 13.9. The van der Waals surface area contributed by atoms with Crippen LogP contribution in [0.4, 0.5) is 0 Å². The van der Waals surface area contributed by atoms with E-state index in [-0.39, 0.29) is 19.1 Å². The van der Waals surface area contributed by atoms with Gasteiger partial charge in [0.1, 0.15) is 6.54 Å². The number of aromatic nitrogens is 1. The van der Waals surface area contributed by atoms with Crippen molar-refractivity contribution in [2.24, 2.45) is 0 Å². The number of para-hydroxylation sites is 1. The van der Waals surface area contributed by atoms with Crippen LogP contribution in [0.25, 0.3) is 10.9 Å². The summed E-state index contributed by atoms with van der Waals surface area (Å²) in [5, 5.41) is 5.85. The number of ether oxygens (including phenoxy) is 1. The van der Waals surface area contributed by atoms with E-state index in [1.54, 1.807) is 11.3 Å². The quantitative estimate of drug-likeness (QED) is 0.662. The molecule has 0 atom stereocenters. The lowest BCUT2D eigenvalue weighted by molar-refractivity contribution is -0.149. The van der Waals surface area contributed by atoms with Gasteiger partial charge >= 0.3 is 5.97 Å². The Morgan fingerprint density at radius 1 is 1.20 bits per heavy atom. The fourth-order valence-corrected chi connectivity index (χ4v) is 3.42. The molecule has 6 heteroatoms. The lowest BCUT2D eigenvalue weighted by Gasteiger charge is -2.09. The van der Waals surface area contributed by atoms with Crippen molar-refractivity contribution in [2.75, 3.05) is 13.2 Å². The van der Waals surface area contributed by atoms with Crippen molar-refractivity contribution in [1.82, 2.24) is 9.88 Å². The van der Waals surface area contributed by atoms with Gasteiger partial charge in [-0.25, -0.2) is 0 Å². The molecule has 0 radical (unpaired) electrons. The first-order valence-corrected chi connectivity index (χ1v) is 9.01. The normalized spacial score (nSPS) is 10.8. The topological polar surface area (TPSA) is 60.3 Å². The Bertz CT molecular complexity index is 868. The molecule has 0 aliphatic heterocycles. The maximum absolute atomic E-state index is 12.0. The third kappa shape index (κ3) is 4.48. The van der Waals surface area contributed by atoms with Gasteiger partial charge in [-0.3, -0.25) is 9.59 Å². The Morgan fingerprint density at radius 2 is 2.04 bits per heavy atom. The zero-order valence-electron chi connectivity index (χ0n) is 14.0. The first-order valence-electron chi connectivity index (χ1n) is 8.13. The van der Waals surface area contributed by atoms with Gasteiger partial charge < -0.3 is 14.6 Å². The number of nitrogens with one attached hydrogen (secondary N) is 1. The molecular weight excluding hydrogens is 336 g/mol. The molecule has 25 heavy (non-hydrogen) atoms. The standard InChI is InChI=1S/C19H20N2O3S/c1-14-11-15-5-2-3-7-17(15)21(14)12-19(23)24-13-18(22)20-9-8-16-6-4-10-25-16/h2-7,10-11H,8-9,12-13H2,1H3,(H,20,22). The van der Waals surface area contributed by atoms with Crippen LogP contribution in [0.15, 0.2) is 47.8 Å². The van der Waals surface area contributed by atoms with E-state index < -0.39 is 5.97 Å². The smallest absolute Gasteiger partial charge is 0.326 e. The summed E-state index contributed by atoms with van der Waals surface area (Å²) in [4.78, 5) is 25.0. The molecular formula is C19H20N2O3S. The predicted octanol–water partition coefficient (Wildman–Crippen LogP) is 2.91. The number of aryl methyl sites for hydroxylation is 1. The molecule has 130 valence electrons. The summed E-state index contributed by atoms with van der Waals surface area (Å²) in [5.74, 6) is -0.697. The molecule has 0 saturated heterocycles. The van der Waals surface area contributed by atoms with E-state index in [4.69, 9.17) is 4.74 Å². The van der Waals surface area contributed by atoms with Crippen LogP contribution in [0.5, 0.6) is 0 Å². The van der Waals surface area contributed by atoms with Crippen molar-refractivity contribution in [1.29, 1.82) is 0 Å². The number of fused-ring (bicyclic) bond motifs is 1. The molecule has 1 aromatic carbocycles. The molecule has 5 nitrogen and oxygen atoms in total. The maximum Gasteiger partial charge on any atom is 0.326 e. The highest BCUT2D eigenvalue weighted by atomic mass is 32.1. The minimum absolute atomic E-state index is 0.0990. The molecule has 0 aliphatic rings. The minimum atomic E-state index is -0.419. The summed E-state index contributed by atoms with van der Waals surface area (Å²) in [6.07, 6.45) is 0.784. The first-order chi connectivity index (χ1) is 12.1. The summed E-state index contributed by atoms with van der Waals surface area (Å²) in [6.45, 7) is 2.34. The van der Waals surface area contributed by atoms with Crippen molar-refractivity contribution in [3.05, 3.63) is 58.4 Å². The molecule has 0 fully saturated rings. The number of rotatable bonds is 7. The molecule has 3 aromatic rings. The largest absolute Gasteiger partial charge is 0.454 e. The van der Waals surface area contributed by atoms with Crippen LogP contribution in [-0.2, 0) is 27.3 Å². The number of thiophene rings is 1. The molecule has 0 spiro atoms. The van der Waals surface area contributed by atoms with Gasteiger partial charge in [0.15, 0.2) is 6.61 Å². The molecule has 0 aliphatic carbocycles. The van der Waals surface area contributed by atoms with Crippen LogP contribution in [0, 0.1) is 6.92 Å². The number of benzene rings is 1. The highest BCUT2D eigenvalue weighted by Crippen LogP contribution is 2.19. The fourth-order valence-electron chi connectivity index (χ4n) is 2.71. The number of carbonyl (C=O) groups excluding carboxylic acids is 2. The number of hydrogen-bond acceptors (Lipinski definition) is 4. The van der Waals surface area contributed by atoms with Crippen molar-refractivity contribution < 1.29 is 14.3 Å². The summed E-state index contributed by atoms with van der Waals surface area (Å²) in [5.41, 5.74) is 1.97. The SMILES string of the molecule is Cc1cc2ccccc2n1CC(=O)OCC(=O)NCCc1cccs1. The lowest BCUT2D eigenvalue weighted by atomic mass is 10.2. The van der Waals surface area contributed by atoms with Gasteiger partial charge in [-0.1, -0.05) is 24.3 Å². The van der Waals surface area contributed by atoms with E-state index in [2.05, 4.69) is 5.32 Å². The minimum Gasteiger partial charge on any atom is -0.454 e. The molecule has 0 bridgehead atoms. The van der Waals surface area contributed by atoms with Crippen LogP contribution in [0.1, 0.15) is 10.6 Å². The van der Waals surface area contributed by atoms with E-state index >= 15 is 0 Å². The first kappa shape index (κ1) is 17.2. The zero-order chi connectivity index (χ0) is 17.6. The highest BCUT2D eigenvalue weighted by Gasteiger charge is 2.12. The third-order valence-electron chi connectivity index (χ3n) is 3.94. The molecule has 3 rings (SSSR count). The second-order valence-corrected chi connectivity index (χ2v) is 6.80. The van der Waals surface area contributed by atoms with Gasteiger partial charge in [0.25, 0.3) is 5.91 Å². The Morgan fingerprint density at radius 3 is 2.84 bits per heavy atom. The lowest BCUT2D eigenvalue weighted by Crippen LogP contribution is -2.31. The Labute approximate surface area is 150 Å². The second kappa shape index (κ2) is 7.98. The Kier molecular flexibility index (Phi) is 5.50. The van der Waals surface area contributed by atoms with E-state index in [0.29, 0.717) is 6.54 Å². The average molecular weight is 356 g/mol. The molecule has 2 heterocycles. The third-order valence-corrected chi connectivity index (χ3v) is 4.88. The number of esters is 1. The van der Waals surface area contributed by atoms with Crippen LogP contribution in [-0.4, -0.2) is 29.6 Å². The van der Waals surface area contributed by atoms with Gasteiger partial charge in [-0.05, 0) is 42.3 Å². The van der Waals surface area contributed by atoms with Crippen LogP contribution < -0.4 is 5.32 Å². The molecule has 1 N–H and O–H groups in total. The molecule has 2 aromatic heterocycles. The number of hydrogen-bond donors (Lipinski definition) is 1. The monoisotopic (exact) mass is 356 g/mol. The number of nitrogens with zero attached hydrogens (tertiary/aromatic N) is 1. The number of carbonyl (C=O) groups is 2. The molecule has 1 amide bonds. The average Bonchev–Trinajstić information content (AvgIpc) is 3.22. The second-order valence-electron chi connectivity index (χ2n) is 5.77. The van der Waals surface area contributed by atoms with Gasteiger partial charge in [-0.15, -0.1) is 11.3 Å². The molecule has 0 unspecified atom stereocenters. The van der Waals surface area contributed by atoms with Gasteiger partial charge in [-0.2, -0.15) is 0 Å². The van der Waals surface area contributed by atoms with Gasteiger partial charge in [0.2, 0.25) is 0 Å². The predicted molar refractivity (Wildman–Crippen MR) is 98.7 cm³/mol. The summed E-state index contributed by atoms with van der Waals surface area (Å²) in [7, 11) is 0.